The molecule has 2 aromatic carbocycles. The van der Waals surface area contributed by atoms with Gasteiger partial charge in [-0.3, -0.25) is 4.90 Å². The van der Waals surface area contributed by atoms with Crippen molar-refractivity contribution in [1.82, 2.24) is 10.2 Å². The summed E-state index contributed by atoms with van der Waals surface area (Å²) in [6.45, 7) is 6.38. The van der Waals surface area contributed by atoms with Gasteiger partial charge in [-0.2, -0.15) is 0 Å². The lowest BCUT2D eigenvalue weighted by Crippen LogP contribution is -2.31. The second-order valence-corrected chi connectivity index (χ2v) is 6.39. The fourth-order valence-electron chi connectivity index (χ4n) is 3.30. The van der Waals surface area contributed by atoms with Crippen molar-refractivity contribution >= 4 is 0 Å². The highest BCUT2D eigenvalue weighted by molar-refractivity contribution is 5.36. The molecule has 0 amide bonds. The van der Waals surface area contributed by atoms with Gasteiger partial charge in [0.25, 0.3) is 0 Å². The van der Waals surface area contributed by atoms with E-state index in [1.807, 2.05) is 0 Å². The number of hydrogen-bond donors (Lipinski definition) is 1. The molecule has 3 heteroatoms. The maximum atomic E-state index is 5.32. The van der Waals surface area contributed by atoms with E-state index < -0.39 is 0 Å². The van der Waals surface area contributed by atoms with Crippen molar-refractivity contribution in [2.45, 2.75) is 32.5 Å². The Morgan fingerprint density at radius 2 is 1.96 bits per heavy atom. The van der Waals surface area contributed by atoms with E-state index in [1.54, 1.807) is 7.11 Å². The van der Waals surface area contributed by atoms with Gasteiger partial charge in [-0.15, -0.1) is 0 Å². The molecule has 0 radical (unpaired) electrons. The summed E-state index contributed by atoms with van der Waals surface area (Å²) in [6.07, 6.45) is 1.22. The van der Waals surface area contributed by atoms with Crippen molar-refractivity contribution in [2.24, 2.45) is 0 Å². The number of rotatable bonds is 6. The zero-order valence-electron chi connectivity index (χ0n) is 14.1. The van der Waals surface area contributed by atoms with Crippen molar-refractivity contribution in [3.05, 3.63) is 65.2 Å². The van der Waals surface area contributed by atoms with Crippen LogP contribution in [0.4, 0.5) is 0 Å². The Morgan fingerprint density at radius 3 is 2.70 bits per heavy atom. The first-order valence-corrected chi connectivity index (χ1v) is 8.38. The molecule has 0 aromatic heterocycles. The van der Waals surface area contributed by atoms with E-state index in [0.29, 0.717) is 6.04 Å². The SMILES string of the molecule is COc1ccc(CNC2CCN(Cc3ccccc3)C2)cc1C. The van der Waals surface area contributed by atoms with Crippen LogP contribution in [0.2, 0.25) is 0 Å². The van der Waals surface area contributed by atoms with Crippen molar-refractivity contribution in [3.63, 3.8) is 0 Å². The number of ether oxygens (including phenoxy) is 1. The Labute approximate surface area is 139 Å². The van der Waals surface area contributed by atoms with Crippen LogP contribution in [0.3, 0.4) is 0 Å². The largest absolute Gasteiger partial charge is 0.496 e. The third kappa shape index (κ3) is 4.34. The first-order valence-electron chi connectivity index (χ1n) is 8.38. The fraction of sp³-hybridized carbons (Fsp3) is 0.400. The monoisotopic (exact) mass is 310 g/mol. The highest BCUT2D eigenvalue weighted by atomic mass is 16.5. The van der Waals surface area contributed by atoms with Crippen LogP contribution in [0, 0.1) is 6.92 Å². The molecule has 1 fully saturated rings. The smallest absolute Gasteiger partial charge is 0.121 e. The van der Waals surface area contributed by atoms with Crippen molar-refractivity contribution in [2.75, 3.05) is 20.2 Å². The predicted molar refractivity (Wildman–Crippen MR) is 94.7 cm³/mol. The first kappa shape index (κ1) is 16.0. The molecule has 1 atom stereocenters. The van der Waals surface area contributed by atoms with E-state index in [-0.39, 0.29) is 0 Å². The van der Waals surface area contributed by atoms with Gasteiger partial charge in [0.2, 0.25) is 0 Å². The van der Waals surface area contributed by atoms with Gasteiger partial charge >= 0.3 is 0 Å². The molecular formula is C20H26N2O. The number of nitrogens with zero attached hydrogens (tertiary/aromatic N) is 1. The number of nitrogens with one attached hydrogen (secondary N) is 1. The lowest BCUT2D eigenvalue weighted by molar-refractivity contribution is 0.320. The third-order valence-electron chi connectivity index (χ3n) is 4.58. The standard InChI is InChI=1S/C20H26N2O/c1-16-12-18(8-9-20(16)23-2)13-21-19-10-11-22(15-19)14-17-6-4-3-5-7-17/h3-9,12,19,21H,10-11,13-15H2,1-2H3. The highest BCUT2D eigenvalue weighted by Crippen LogP contribution is 2.19. The van der Waals surface area contributed by atoms with Crippen LogP contribution in [-0.4, -0.2) is 31.1 Å². The van der Waals surface area contributed by atoms with E-state index >= 15 is 0 Å². The van der Waals surface area contributed by atoms with Gasteiger partial charge in [0.15, 0.2) is 0 Å². The maximum Gasteiger partial charge on any atom is 0.121 e. The topological polar surface area (TPSA) is 24.5 Å². The Balaban J connectivity index is 1.47. The first-order chi connectivity index (χ1) is 11.2. The molecule has 1 N–H and O–H groups in total. The number of methoxy groups -OCH3 is 1. The summed E-state index contributed by atoms with van der Waals surface area (Å²) < 4.78 is 5.32. The summed E-state index contributed by atoms with van der Waals surface area (Å²) in [5, 5.41) is 3.70. The molecular weight excluding hydrogens is 284 g/mol. The molecule has 0 saturated carbocycles. The molecule has 0 spiro atoms. The van der Waals surface area contributed by atoms with Crippen LogP contribution < -0.4 is 10.1 Å². The number of likely N-dealkylation sites (tertiary alicyclic amines) is 1. The maximum absolute atomic E-state index is 5.32. The Morgan fingerprint density at radius 1 is 1.13 bits per heavy atom. The van der Waals surface area contributed by atoms with Gasteiger partial charge in [0.05, 0.1) is 7.11 Å². The second-order valence-electron chi connectivity index (χ2n) is 6.39. The van der Waals surface area contributed by atoms with Crippen LogP contribution in [-0.2, 0) is 13.1 Å². The van der Waals surface area contributed by atoms with Gasteiger partial charge in [-0.1, -0.05) is 42.5 Å². The second kappa shape index (κ2) is 7.62. The molecule has 1 saturated heterocycles. The predicted octanol–water partition coefficient (Wildman–Crippen LogP) is 3.37. The lowest BCUT2D eigenvalue weighted by atomic mass is 10.1. The van der Waals surface area contributed by atoms with Crippen LogP contribution >= 0.6 is 0 Å². The lowest BCUT2D eigenvalue weighted by Gasteiger charge is -2.17. The van der Waals surface area contributed by atoms with E-state index in [1.165, 1.54) is 29.7 Å². The minimum Gasteiger partial charge on any atom is -0.496 e. The van der Waals surface area contributed by atoms with Gasteiger partial charge in [-0.05, 0) is 36.1 Å². The van der Waals surface area contributed by atoms with Crippen LogP contribution in [0.15, 0.2) is 48.5 Å². The molecule has 0 aliphatic carbocycles. The van der Waals surface area contributed by atoms with Crippen LogP contribution in [0.1, 0.15) is 23.1 Å². The summed E-state index contributed by atoms with van der Waals surface area (Å²) in [6, 6.07) is 17.7. The molecule has 1 unspecified atom stereocenters. The van der Waals surface area contributed by atoms with Crippen molar-refractivity contribution in [3.8, 4) is 5.75 Å². The van der Waals surface area contributed by atoms with E-state index in [0.717, 1.165) is 25.4 Å². The summed E-state index contributed by atoms with van der Waals surface area (Å²) in [5.41, 5.74) is 3.92. The number of hydrogen-bond acceptors (Lipinski definition) is 3. The summed E-state index contributed by atoms with van der Waals surface area (Å²) in [5.74, 6) is 0.962. The van der Waals surface area contributed by atoms with E-state index in [2.05, 4.69) is 65.7 Å². The number of benzene rings is 2. The molecule has 1 aliphatic rings. The Kier molecular flexibility index (Phi) is 5.31. The Bertz CT molecular complexity index is 627. The zero-order chi connectivity index (χ0) is 16.1. The molecule has 0 bridgehead atoms. The summed E-state index contributed by atoms with van der Waals surface area (Å²) in [4.78, 5) is 2.53. The fourth-order valence-corrected chi connectivity index (χ4v) is 3.30. The highest BCUT2D eigenvalue weighted by Gasteiger charge is 2.21. The third-order valence-corrected chi connectivity index (χ3v) is 4.58. The number of aryl methyl sites for hydroxylation is 1. The van der Waals surface area contributed by atoms with Gasteiger partial charge in [-0.25, -0.2) is 0 Å². The quantitative estimate of drug-likeness (QED) is 0.885. The molecule has 1 aliphatic heterocycles. The van der Waals surface area contributed by atoms with Crippen LogP contribution in [0.5, 0.6) is 5.75 Å². The molecule has 2 aromatic rings. The molecule has 23 heavy (non-hydrogen) atoms. The zero-order valence-corrected chi connectivity index (χ0v) is 14.1. The minimum atomic E-state index is 0.584. The molecule has 122 valence electrons. The molecule has 3 rings (SSSR count). The average Bonchev–Trinajstić information content (AvgIpc) is 3.01. The normalized spacial score (nSPS) is 18.3. The van der Waals surface area contributed by atoms with Gasteiger partial charge < -0.3 is 10.1 Å². The van der Waals surface area contributed by atoms with Crippen molar-refractivity contribution < 1.29 is 4.74 Å². The molecule has 1 heterocycles. The minimum absolute atomic E-state index is 0.584. The van der Waals surface area contributed by atoms with Gasteiger partial charge in [0, 0.05) is 32.2 Å². The molecule has 3 nitrogen and oxygen atoms in total. The summed E-state index contributed by atoms with van der Waals surface area (Å²) in [7, 11) is 1.72. The van der Waals surface area contributed by atoms with E-state index in [4.69, 9.17) is 4.74 Å². The van der Waals surface area contributed by atoms with Crippen molar-refractivity contribution in [1.29, 1.82) is 0 Å². The average molecular weight is 310 g/mol. The Hall–Kier alpha value is -1.84. The van der Waals surface area contributed by atoms with Gasteiger partial charge in [0.1, 0.15) is 5.75 Å². The van der Waals surface area contributed by atoms with E-state index in [9.17, 15) is 0 Å². The summed E-state index contributed by atoms with van der Waals surface area (Å²) >= 11 is 0. The van der Waals surface area contributed by atoms with Crippen LogP contribution in [0.25, 0.3) is 0 Å².